The summed E-state index contributed by atoms with van der Waals surface area (Å²) >= 11 is 5.91. The molecule has 0 aliphatic heterocycles. The van der Waals surface area contributed by atoms with E-state index in [1.54, 1.807) is 12.1 Å². The number of aromatic nitrogens is 1. The Kier molecular flexibility index (Phi) is 3.99. The zero-order valence-electron chi connectivity index (χ0n) is 10.1. The molecule has 0 amide bonds. The van der Waals surface area contributed by atoms with Gasteiger partial charge < -0.3 is 10.8 Å². The van der Waals surface area contributed by atoms with Crippen LogP contribution in [0.2, 0.25) is 5.02 Å². The first-order valence-electron chi connectivity index (χ1n) is 5.85. The standard InChI is InChI=1S/C14H13ClN2O.ClH/c15-10-3-9(4-11(18)5-10)14-2-1-8(7-17-14)12-6-13(12)16;/h1-5,7,12-13,18H,6,16H2;1H. The minimum Gasteiger partial charge on any atom is -0.508 e. The van der Waals surface area contributed by atoms with Crippen LogP contribution in [0.3, 0.4) is 0 Å². The second-order valence-electron chi connectivity index (χ2n) is 4.68. The highest BCUT2D eigenvalue weighted by atomic mass is 35.5. The van der Waals surface area contributed by atoms with Crippen LogP contribution in [0.4, 0.5) is 0 Å². The van der Waals surface area contributed by atoms with E-state index in [1.807, 2.05) is 18.3 Å². The van der Waals surface area contributed by atoms with E-state index in [-0.39, 0.29) is 24.2 Å². The first kappa shape index (κ1) is 14.1. The average Bonchev–Trinajstić information content (AvgIpc) is 3.05. The molecule has 0 bridgehead atoms. The molecule has 1 aliphatic carbocycles. The van der Waals surface area contributed by atoms with Crippen LogP contribution < -0.4 is 5.73 Å². The Bertz CT molecular complexity index is 566. The van der Waals surface area contributed by atoms with Gasteiger partial charge in [-0.15, -0.1) is 12.4 Å². The molecule has 0 spiro atoms. The van der Waals surface area contributed by atoms with Crippen molar-refractivity contribution < 1.29 is 5.11 Å². The van der Waals surface area contributed by atoms with Crippen molar-refractivity contribution in [3.05, 3.63) is 47.1 Å². The number of nitrogens with two attached hydrogens (primary N) is 1. The molecule has 3 N–H and O–H groups in total. The van der Waals surface area contributed by atoms with Gasteiger partial charge in [0.25, 0.3) is 0 Å². The van der Waals surface area contributed by atoms with Crippen molar-refractivity contribution in [1.82, 2.24) is 4.98 Å². The molecule has 1 saturated carbocycles. The Morgan fingerprint density at radius 3 is 2.53 bits per heavy atom. The molecule has 2 aromatic rings. The van der Waals surface area contributed by atoms with E-state index in [9.17, 15) is 5.11 Å². The normalized spacial score (nSPS) is 20.7. The molecule has 1 aliphatic rings. The van der Waals surface area contributed by atoms with Gasteiger partial charge in [-0.1, -0.05) is 17.7 Å². The van der Waals surface area contributed by atoms with E-state index in [1.165, 1.54) is 11.6 Å². The molecule has 1 fully saturated rings. The van der Waals surface area contributed by atoms with E-state index < -0.39 is 0 Å². The summed E-state index contributed by atoms with van der Waals surface area (Å²) in [6.07, 6.45) is 2.89. The van der Waals surface area contributed by atoms with Crippen molar-refractivity contribution in [1.29, 1.82) is 0 Å². The summed E-state index contributed by atoms with van der Waals surface area (Å²) in [7, 11) is 0. The van der Waals surface area contributed by atoms with Gasteiger partial charge in [-0.05, 0) is 36.2 Å². The van der Waals surface area contributed by atoms with Crippen LogP contribution in [0.5, 0.6) is 5.75 Å². The van der Waals surface area contributed by atoms with Gasteiger partial charge >= 0.3 is 0 Å². The SMILES string of the molecule is Cl.NC1CC1c1ccc(-c2cc(O)cc(Cl)c2)nc1. The number of phenolic OH excluding ortho intramolecular Hbond substituents is 1. The molecule has 0 saturated heterocycles. The van der Waals surface area contributed by atoms with Gasteiger partial charge in [0.1, 0.15) is 5.75 Å². The third-order valence-electron chi connectivity index (χ3n) is 3.23. The molecule has 1 aromatic carbocycles. The topological polar surface area (TPSA) is 59.1 Å². The first-order chi connectivity index (χ1) is 8.63. The van der Waals surface area contributed by atoms with Gasteiger partial charge in [0, 0.05) is 28.7 Å². The van der Waals surface area contributed by atoms with E-state index >= 15 is 0 Å². The lowest BCUT2D eigenvalue weighted by atomic mass is 10.1. The second kappa shape index (κ2) is 5.37. The lowest BCUT2D eigenvalue weighted by molar-refractivity contribution is 0.475. The lowest BCUT2D eigenvalue weighted by Crippen LogP contribution is -2.01. The van der Waals surface area contributed by atoms with E-state index in [4.69, 9.17) is 17.3 Å². The second-order valence-corrected chi connectivity index (χ2v) is 5.12. The molecule has 2 unspecified atom stereocenters. The molecule has 19 heavy (non-hydrogen) atoms. The molecule has 1 heterocycles. The first-order valence-corrected chi connectivity index (χ1v) is 6.23. The maximum Gasteiger partial charge on any atom is 0.117 e. The molecule has 0 radical (unpaired) electrons. The molecular formula is C14H14Cl2N2O. The van der Waals surface area contributed by atoms with Gasteiger partial charge in [0.2, 0.25) is 0 Å². The predicted octanol–water partition coefficient (Wildman–Crippen LogP) is 3.34. The average molecular weight is 297 g/mol. The zero-order chi connectivity index (χ0) is 12.7. The Balaban J connectivity index is 0.00000133. The van der Waals surface area contributed by atoms with E-state index in [2.05, 4.69) is 4.98 Å². The summed E-state index contributed by atoms with van der Waals surface area (Å²) in [5.41, 5.74) is 8.60. The monoisotopic (exact) mass is 296 g/mol. The number of hydrogen-bond donors (Lipinski definition) is 2. The van der Waals surface area contributed by atoms with Gasteiger partial charge in [0.05, 0.1) is 5.69 Å². The van der Waals surface area contributed by atoms with Crippen LogP contribution in [-0.2, 0) is 0 Å². The number of nitrogens with zero attached hydrogens (tertiary/aromatic N) is 1. The fourth-order valence-corrected chi connectivity index (χ4v) is 2.34. The molecular weight excluding hydrogens is 283 g/mol. The quantitative estimate of drug-likeness (QED) is 0.893. The van der Waals surface area contributed by atoms with Crippen molar-refractivity contribution in [2.45, 2.75) is 18.4 Å². The van der Waals surface area contributed by atoms with Gasteiger partial charge in [-0.3, -0.25) is 4.98 Å². The predicted molar refractivity (Wildman–Crippen MR) is 78.9 cm³/mol. The zero-order valence-corrected chi connectivity index (χ0v) is 11.7. The molecule has 3 rings (SSSR count). The van der Waals surface area contributed by atoms with Crippen molar-refractivity contribution in [3.8, 4) is 17.0 Å². The minimum absolute atomic E-state index is 0. The van der Waals surface area contributed by atoms with E-state index in [0.29, 0.717) is 10.9 Å². The number of phenols is 1. The largest absolute Gasteiger partial charge is 0.508 e. The maximum absolute atomic E-state index is 9.51. The van der Waals surface area contributed by atoms with Crippen molar-refractivity contribution in [2.24, 2.45) is 5.73 Å². The molecule has 5 heteroatoms. The van der Waals surface area contributed by atoms with Gasteiger partial charge in [-0.2, -0.15) is 0 Å². The number of halogens is 2. The molecule has 1 aromatic heterocycles. The molecule has 2 atom stereocenters. The Hall–Kier alpha value is -1.29. The number of pyridine rings is 1. The Morgan fingerprint density at radius 2 is 2.00 bits per heavy atom. The van der Waals surface area contributed by atoms with Crippen molar-refractivity contribution in [2.75, 3.05) is 0 Å². The summed E-state index contributed by atoms with van der Waals surface area (Å²) in [5, 5.41) is 10.0. The van der Waals surface area contributed by atoms with Gasteiger partial charge in [-0.25, -0.2) is 0 Å². The summed E-state index contributed by atoms with van der Waals surface area (Å²) in [6.45, 7) is 0. The highest BCUT2D eigenvalue weighted by Gasteiger charge is 2.34. The van der Waals surface area contributed by atoms with Crippen LogP contribution in [0.15, 0.2) is 36.5 Å². The summed E-state index contributed by atoms with van der Waals surface area (Å²) in [5.74, 6) is 0.604. The highest BCUT2D eigenvalue weighted by molar-refractivity contribution is 6.31. The Labute approximate surface area is 122 Å². The summed E-state index contributed by atoms with van der Waals surface area (Å²) in [4.78, 5) is 4.40. The van der Waals surface area contributed by atoms with Crippen LogP contribution in [0, 0.1) is 0 Å². The molecule has 100 valence electrons. The smallest absolute Gasteiger partial charge is 0.117 e. The van der Waals surface area contributed by atoms with Crippen LogP contribution in [0.25, 0.3) is 11.3 Å². The minimum atomic E-state index is 0. The van der Waals surface area contributed by atoms with E-state index in [0.717, 1.165) is 17.7 Å². The van der Waals surface area contributed by atoms with Crippen molar-refractivity contribution in [3.63, 3.8) is 0 Å². The van der Waals surface area contributed by atoms with Gasteiger partial charge in [0.15, 0.2) is 0 Å². The van der Waals surface area contributed by atoms with Crippen LogP contribution >= 0.6 is 24.0 Å². The molecule has 3 nitrogen and oxygen atoms in total. The maximum atomic E-state index is 9.51. The lowest BCUT2D eigenvalue weighted by Gasteiger charge is -2.04. The number of aromatic hydroxyl groups is 1. The van der Waals surface area contributed by atoms with Crippen LogP contribution in [-0.4, -0.2) is 16.1 Å². The highest BCUT2D eigenvalue weighted by Crippen LogP contribution is 2.39. The summed E-state index contributed by atoms with van der Waals surface area (Å²) < 4.78 is 0. The Morgan fingerprint density at radius 1 is 1.26 bits per heavy atom. The van der Waals surface area contributed by atoms with Crippen LogP contribution in [0.1, 0.15) is 17.9 Å². The third kappa shape index (κ3) is 3.00. The van der Waals surface area contributed by atoms with Crippen molar-refractivity contribution >= 4 is 24.0 Å². The fraction of sp³-hybridized carbons (Fsp3) is 0.214. The number of hydrogen-bond acceptors (Lipinski definition) is 3. The third-order valence-corrected chi connectivity index (χ3v) is 3.45. The fourth-order valence-electron chi connectivity index (χ4n) is 2.12. The number of rotatable bonds is 2. The number of benzene rings is 1. The summed E-state index contributed by atoms with van der Waals surface area (Å²) in [6, 6.07) is 9.20.